The van der Waals surface area contributed by atoms with Crippen molar-refractivity contribution in [2.45, 2.75) is 39.0 Å². The molecule has 2 aromatic rings. The van der Waals surface area contributed by atoms with Crippen LogP contribution in [-0.2, 0) is 6.42 Å². The molecule has 2 amide bonds. The number of carbonyl (C=O) groups excluding carboxylic acids is 1. The molecule has 25 heavy (non-hydrogen) atoms. The first kappa shape index (κ1) is 17.2. The molecule has 1 atom stereocenters. The molecule has 3 rings (SSSR count). The number of aromatic nitrogens is 2. The van der Waals surface area contributed by atoms with Gasteiger partial charge in [0, 0.05) is 30.8 Å². The lowest BCUT2D eigenvalue weighted by Gasteiger charge is -2.32. The summed E-state index contributed by atoms with van der Waals surface area (Å²) in [6, 6.07) is 9.36. The number of hydrogen-bond acceptors (Lipinski definition) is 3. The normalized spacial score (nSPS) is 17.4. The molecule has 0 radical (unpaired) electrons. The molecule has 0 unspecified atom stereocenters. The van der Waals surface area contributed by atoms with Crippen LogP contribution in [0.1, 0.15) is 42.8 Å². The lowest BCUT2D eigenvalue weighted by atomic mass is 9.94. The molecule has 2 heterocycles. The Hall–Kier alpha value is -2.63. The third-order valence-corrected chi connectivity index (χ3v) is 4.59. The Kier molecular flexibility index (Phi) is 5.16. The summed E-state index contributed by atoms with van der Waals surface area (Å²) in [5.74, 6) is 0.711. The largest absolute Gasteiger partial charge is 0.324 e. The lowest BCUT2D eigenvalue weighted by Crippen LogP contribution is -2.42. The maximum absolute atomic E-state index is 12.6. The van der Waals surface area contributed by atoms with Gasteiger partial charge in [0.2, 0.25) is 0 Å². The minimum atomic E-state index is -0.138. The Morgan fingerprint density at radius 2 is 2.24 bits per heavy atom. The predicted octanol–water partition coefficient (Wildman–Crippen LogP) is 3.05. The summed E-state index contributed by atoms with van der Waals surface area (Å²) in [6.07, 6.45) is 2.77. The van der Waals surface area contributed by atoms with Gasteiger partial charge in [-0.05, 0) is 43.9 Å². The zero-order valence-electron chi connectivity index (χ0n) is 14.7. The highest BCUT2D eigenvalue weighted by molar-refractivity contribution is 5.89. The standard InChI is InChI=1S/C19H24N4O2/c1-3-14-6-4-8-16(10-14)22-19(25)23-9-5-7-15(12-23)17-11-18(24)21-13(2)20-17/h4,6,8,10-11,15H,3,5,7,9,12H2,1-2H3,(H,22,25)(H,20,21,24)/t15-/m0/s1. The number of piperidine rings is 1. The smallest absolute Gasteiger partial charge is 0.321 e. The van der Waals surface area contributed by atoms with Gasteiger partial charge in [-0.3, -0.25) is 4.79 Å². The molecule has 132 valence electrons. The summed E-state index contributed by atoms with van der Waals surface area (Å²) >= 11 is 0. The van der Waals surface area contributed by atoms with E-state index in [0.29, 0.717) is 12.4 Å². The van der Waals surface area contributed by atoms with Gasteiger partial charge in [0.25, 0.3) is 5.56 Å². The second-order valence-corrected chi connectivity index (χ2v) is 6.52. The molecule has 2 N–H and O–H groups in total. The Labute approximate surface area is 147 Å². The third-order valence-electron chi connectivity index (χ3n) is 4.59. The molecule has 1 aromatic carbocycles. The van der Waals surface area contributed by atoms with E-state index < -0.39 is 0 Å². The molecule has 6 nitrogen and oxygen atoms in total. The van der Waals surface area contributed by atoms with Crippen molar-refractivity contribution >= 4 is 11.7 Å². The first-order valence-corrected chi connectivity index (χ1v) is 8.78. The van der Waals surface area contributed by atoms with Gasteiger partial charge in [0.15, 0.2) is 0 Å². The Morgan fingerprint density at radius 3 is 3.00 bits per heavy atom. The minimum absolute atomic E-state index is 0.0977. The highest BCUT2D eigenvalue weighted by atomic mass is 16.2. The van der Waals surface area contributed by atoms with Crippen LogP contribution in [0.5, 0.6) is 0 Å². The van der Waals surface area contributed by atoms with Crippen LogP contribution in [0.2, 0.25) is 0 Å². The fourth-order valence-electron chi connectivity index (χ4n) is 3.29. The summed E-state index contributed by atoms with van der Waals surface area (Å²) in [5.41, 5.74) is 2.64. The van der Waals surface area contributed by atoms with Crippen molar-refractivity contribution in [2.75, 3.05) is 18.4 Å². The van der Waals surface area contributed by atoms with E-state index in [1.807, 2.05) is 29.2 Å². The number of rotatable bonds is 3. The van der Waals surface area contributed by atoms with E-state index >= 15 is 0 Å². The fourth-order valence-corrected chi connectivity index (χ4v) is 3.29. The Bertz CT molecular complexity index is 815. The second kappa shape index (κ2) is 7.51. The second-order valence-electron chi connectivity index (χ2n) is 6.52. The molecule has 0 bridgehead atoms. The van der Waals surface area contributed by atoms with Crippen molar-refractivity contribution < 1.29 is 4.79 Å². The fraction of sp³-hybridized carbons (Fsp3) is 0.421. The summed E-state index contributed by atoms with van der Waals surface area (Å²) in [4.78, 5) is 33.2. The van der Waals surface area contributed by atoms with Gasteiger partial charge in [0.1, 0.15) is 5.82 Å². The monoisotopic (exact) mass is 340 g/mol. The summed E-state index contributed by atoms with van der Waals surface area (Å²) in [5, 5.41) is 2.98. The number of anilines is 1. The van der Waals surface area contributed by atoms with Crippen LogP contribution >= 0.6 is 0 Å². The number of aromatic amines is 1. The van der Waals surface area contributed by atoms with E-state index in [9.17, 15) is 9.59 Å². The van der Waals surface area contributed by atoms with Crippen molar-refractivity contribution in [3.63, 3.8) is 0 Å². The molecule has 1 aliphatic rings. The van der Waals surface area contributed by atoms with Crippen molar-refractivity contribution in [2.24, 2.45) is 0 Å². The number of urea groups is 1. The number of aryl methyl sites for hydroxylation is 2. The summed E-state index contributed by atoms with van der Waals surface area (Å²) in [6.45, 7) is 5.17. The van der Waals surface area contributed by atoms with Crippen molar-refractivity contribution in [1.82, 2.24) is 14.9 Å². The molecular formula is C19H24N4O2. The number of likely N-dealkylation sites (tertiary alicyclic amines) is 1. The van der Waals surface area contributed by atoms with Crippen LogP contribution in [0.25, 0.3) is 0 Å². The zero-order chi connectivity index (χ0) is 17.8. The van der Waals surface area contributed by atoms with Crippen LogP contribution < -0.4 is 10.9 Å². The molecule has 0 spiro atoms. The number of hydrogen-bond donors (Lipinski definition) is 2. The van der Waals surface area contributed by atoms with E-state index in [2.05, 4.69) is 22.2 Å². The number of amides is 2. The van der Waals surface area contributed by atoms with E-state index in [1.54, 1.807) is 13.0 Å². The van der Waals surface area contributed by atoms with E-state index in [1.165, 1.54) is 5.56 Å². The van der Waals surface area contributed by atoms with Gasteiger partial charge < -0.3 is 15.2 Å². The van der Waals surface area contributed by atoms with Crippen molar-refractivity contribution in [3.05, 3.63) is 57.8 Å². The highest BCUT2D eigenvalue weighted by Crippen LogP contribution is 2.25. The lowest BCUT2D eigenvalue weighted by molar-refractivity contribution is 0.192. The Balaban J connectivity index is 1.70. The quantitative estimate of drug-likeness (QED) is 0.901. The molecule has 1 fully saturated rings. The first-order chi connectivity index (χ1) is 12.0. The van der Waals surface area contributed by atoms with Crippen LogP contribution in [0.3, 0.4) is 0 Å². The highest BCUT2D eigenvalue weighted by Gasteiger charge is 2.26. The van der Waals surface area contributed by atoms with Gasteiger partial charge in [0.05, 0.1) is 5.69 Å². The SMILES string of the molecule is CCc1cccc(NC(=O)N2CCC[C@H](c3cc(=O)[nH]c(C)n3)C2)c1. The average Bonchev–Trinajstić information content (AvgIpc) is 2.61. The van der Waals surface area contributed by atoms with Crippen LogP contribution in [0.15, 0.2) is 35.1 Å². The average molecular weight is 340 g/mol. The van der Waals surface area contributed by atoms with Crippen molar-refractivity contribution in [3.8, 4) is 0 Å². The molecule has 1 saturated heterocycles. The predicted molar refractivity (Wildman–Crippen MR) is 98.0 cm³/mol. The van der Waals surface area contributed by atoms with Crippen LogP contribution in [0, 0.1) is 6.92 Å². The number of carbonyl (C=O) groups is 1. The van der Waals surface area contributed by atoms with Gasteiger partial charge >= 0.3 is 6.03 Å². The molecule has 0 aliphatic carbocycles. The molecular weight excluding hydrogens is 316 g/mol. The van der Waals surface area contributed by atoms with Crippen LogP contribution in [-0.4, -0.2) is 34.0 Å². The van der Waals surface area contributed by atoms with Gasteiger partial charge in [-0.2, -0.15) is 0 Å². The zero-order valence-corrected chi connectivity index (χ0v) is 14.7. The Morgan fingerprint density at radius 1 is 1.40 bits per heavy atom. The van der Waals surface area contributed by atoms with Gasteiger partial charge in [-0.25, -0.2) is 9.78 Å². The van der Waals surface area contributed by atoms with Crippen LogP contribution in [0.4, 0.5) is 10.5 Å². The number of H-pyrrole nitrogens is 1. The molecule has 1 aromatic heterocycles. The van der Waals surface area contributed by atoms with Crippen molar-refractivity contribution in [1.29, 1.82) is 0 Å². The molecule has 1 aliphatic heterocycles. The maximum Gasteiger partial charge on any atom is 0.321 e. The van der Waals surface area contributed by atoms with Gasteiger partial charge in [-0.1, -0.05) is 19.1 Å². The topological polar surface area (TPSA) is 78.1 Å². The third kappa shape index (κ3) is 4.26. The first-order valence-electron chi connectivity index (χ1n) is 8.78. The van der Waals surface area contributed by atoms with Gasteiger partial charge in [-0.15, -0.1) is 0 Å². The maximum atomic E-state index is 12.6. The minimum Gasteiger partial charge on any atom is -0.324 e. The molecule has 6 heteroatoms. The van der Waals surface area contributed by atoms with E-state index in [-0.39, 0.29) is 17.5 Å². The number of benzene rings is 1. The molecule has 0 saturated carbocycles. The number of nitrogens with one attached hydrogen (secondary N) is 2. The number of nitrogens with zero attached hydrogens (tertiary/aromatic N) is 2. The van der Waals surface area contributed by atoms with E-state index in [0.717, 1.165) is 37.2 Å². The summed E-state index contributed by atoms with van der Waals surface area (Å²) < 4.78 is 0. The summed E-state index contributed by atoms with van der Waals surface area (Å²) in [7, 11) is 0. The van der Waals surface area contributed by atoms with E-state index in [4.69, 9.17) is 0 Å².